The Morgan fingerprint density at radius 2 is 2.14 bits per heavy atom. The first-order valence-corrected chi connectivity index (χ1v) is 14.7. The van der Waals surface area contributed by atoms with Crippen LogP contribution in [0.5, 0.6) is 0 Å². The van der Waals surface area contributed by atoms with Crippen molar-refractivity contribution in [2.75, 3.05) is 16.0 Å². The van der Waals surface area contributed by atoms with E-state index in [4.69, 9.17) is 17.3 Å². The number of amides is 1. The number of anilines is 2. The van der Waals surface area contributed by atoms with Crippen molar-refractivity contribution in [1.82, 2.24) is 15.2 Å². The Kier molecular flexibility index (Phi) is 8.00. The molecular formula is C27H23ClN8O4S2. The molecule has 0 saturated heterocycles. The number of nitriles is 1. The number of carbonyl (C=O) groups is 2. The molecule has 1 unspecified atom stereocenters. The van der Waals surface area contributed by atoms with Crippen LogP contribution in [0.4, 0.5) is 16.5 Å². The molecule has 2 aromatic heterocycles. The lowest BCUT2D eigenvalue weighted by molar-refractivity contribution is -0.384. The SMILES string of the molecule is CC1(C)CC(=O)C2=C(C1)N(c1nnc(SCC(=O)Nc3ccc(Cl)c([N+](=O)[O-])c3)s1)C(N)=C(C#N)C2c1cccnc1. The van der Waals surface area contributed by atoms with Crippen LogP contribution in [0.15, 0.2) is 69.7 Å². The Balaban J connectivity index is 1.42. The van der Waals surface area contributed by atoms with E-state index in [-0.39, 0.29) is 44.7 Å². The first-order valence-electron chi connectivity index (χ1n) is 12.5. The van der Waals surface area contributed by atoms with Crippen molar-refractivity contribution in [3.05, 3.63) is 86.1 Å². The topological polar surface area (TPSA) is 181 Å². The van der Waals surface area contributed by atoms with E-state index in [0.29, 0.717) is 39.1 Å². The molecule has 1 amide bonds. The maximum atomic E-state index is 13.6. The average molecular weight is 623 g/mol. The van der Waals surface area contributed by atoms with Crippen molar-refractivity contribution in [2.45, 2.75) is 36.9 Å². The molecule has 3 aromatic rings. The van der Waals surface area contributed by atoms with Gasteiger partial charge in [-0.25, -0.2) is 0 Å². The number of Topliss-reactive ketones (excluding diaryl/α,β-unsaturated/α-hetero) is 1. The van der Waals surface area contributed by atoms with E-state index in [0.717, 1.165) is 23.1 Å². The van der Waals surface area contributed by atoms with Gasteiger partial charge in [0, 0.05) is 41.8 Å². The van der Waals surface area contributed by atoms with Crippen molar-refractivity contribution in [2.24, 2.45) is 11.1 Å². The van der Waals surface area contributed by atoms with Crippen molar-refractivity contribution < 1.29 is 14.5 Å². The molecule has 1 aliphatic carbocycles. The normalized spacial score (nSPS) is 18.0. The van der Waals surface area contributed by atoms with Gasteiger partial charge in [0.25, 0.3) is 5.69 Å². The number of aromatic nitrogens is 3. The second-order valence-electron chi connectivity index (χ2n) is 10.4. The average Bonchev–Trinajstić information content (AvgIpc) is 3.40. The fraction of sp³-hybridized carbons (Fsp3) is 0.259. The first-order chi connectivity index (χ1) is 20.0. The van der Waals surface area contributed by atoms with Crippen LogP contribution in [0.2, 0.25) is 5.02 Å². The number of nitrogens with two attached hydrogens (primary N) is 1. The highest BCUT2D eigenvalue weighted by Crippen LogP contribution is 2.50. The molecule has 1 aromatic carbocycles. The molecule has 214 valence electrons. The summed E-state index contributed by atoms with van der Waals surface area (Å²) in [6.45, 7) is 4.00. The van der Waals surface area contributed by atoms with Gasteiger partial charge in [-0.1, -0.05) is 54.6 Å². The largest absolute Gasteiger partial charge is 0.384 e. The lowest BCUT2D eigenvalue weighted by atomic mass is 9.69. The van der Waals surface area contributed by atoms with Gasteiger partial charge in [0.05, 0.1) is 28.2 Å². The van der Waals surface area contributed by atoms with E-state index in [2.05, 4.69) is 26.6 Å². The van der Waals surface area contributed by atoms with Crippen molar-refractivity contribution in [3.8, 4) is 6.07 Å². The number of halogens is 1. The Labute approximate surface area is 253 Å². The lowest BCUT2D eigenvalue weighted by Crippen LogP contribution is -2.42. The van der Waals surface area contributed by atoms with E-state index in [1.807, 2.05) is 19.9 Å². The predicted molar refractivity (Wildman–Crippen MR) is 159 cm³/mol. The Bertz CT molecular complexity index is 1710. The minimum atomic E-state index is -0.646. The molecule has 0 radical (unpaired) electrons. The van der Waals surface area contributed by atoms with Crippen LogP contribution in [0.1, 0.15) is 38.2 Å². The Morgan fingerprint density at radius 3 is 2.83 bits per heavy atom. The molecule has 5 rings (SSSR count). The van der Waals surface area contributed by atoms with Gasteiger partial charge in [0.1, 0.15) is 10.8 Å². The van der Waals surface area contributed by atoms with Gasteiger partial charge < -0.3 is 11.1 Å². The monoisotopic (exact) mass is 622 g/mol. The Morgan fingerprint density at radius 1 is 1.36 bits per heavy atom. The highest BCUT2D eigenvalue weighted by atomic mass is 35.5. The van der Waals surface area contributed by atoms with Gasteiger partial charge in [-0.05, 0) is 35.6 Å². The van der Waals surface area contributed by atoms with Crippen LogP contribution in [0.3, 0.4) is 0 Å². The van der Waals surface area contributed by atoms with Gasteiger partial charge in [-0.2, -0.15) is 5.26 Å². The van der Waals surface area contributed by atoms with Crippen molar-refractivity contribution >= 4 is 62.9 Å². The smallest absolute Gasteiger partial charge is 0.289 e. The number of rotatable bonds is 7. The molecule has 0 fully saturated rings. The number of ketones is 1. The third kappa shape index (κ3) is 5.71. The number of nitro groups is 1. The summed E-state index contributed by atoms with van der Waals surface area (Å²) in [6.07, 6.45) is 4.09. The number of allylic oxidation sites excluding steroid dienone is 3. The van der Waals surface area contributed by atoms with Gasteiger partial charge in [0.2, 0.25) is 11.0 Å². The molecule has 0 bridgehead atoms. The standard InChI is InChI=1S/C27H23ClN8O4S2/c1-27(2)9-19-23(20(37)10-27)22(14-4-3-7-31-12-14)16(11-29)24(30)35(19)25-33-34-26(42-25)41-13-21(38)32-15-5-6-17(28)18(8-15)36(39)40/h3-8,12,22H,9-10,13,30H2,1-2H3,(H,32,38). The zero-order valence-corrected chi connectivity index (χ0v) is 24.7. The maximum Gasteiger partial charge on any atom is 0.289 e. The summed E-state index contributed by atoms with van der Waals surface area (Å²) in [5, 5.41) is 32.7. The highest BCUT2D eigenvalue weighted by molar-refractivity contribution is 8.01. The number of carbonyl (C=O) groups excluding carboxylic acids is 2. The summed E-state index contributed by atoms with van der Waals surface area (Å²) in [5.41, 5.74) is 8.26. The quantitative estimate of drug-likeness (QED) is 0.201. The van der Waals surface area contributed by atoms with E-state index in [9.17, 15) is 25.0 Å². The van der Waals surface area contributed by atoms with E-state index in [1.54, 1.807) is 23.4 Å². The molecule has 42 heavy (non-hydrogen) atoms. The number of nitrogens with one attached hydrogen (secondary N) is 1. The minimum Gasteiger partial charge on any atom is -0.384 e. The van der Waals surface area contributed by atoms with E-state index in [1.165, 1.54) is 18.2 Å². The first kappa shape index (κ1) is 29.2. The van der Waals surface area contributed by atoms with Gasteiger partial charge in [-0.3, -0.25) is 29.6 Å². The lowest BCUT2D eigenvalue weighted by Gasteiger charge is -2.42. The number of nitro benzene ring substituents is 1. The zero-order valence-electron chi connectivity index (χ0n) is 22.3. The summed E-state index contributed by atoms with van der Waals surface area (Å²) >= 11 is 8.12. The number of nitrogens with zero attached hydrogens (tertiary/aromatic N) is 6. The summed E-state index contributed by atoms with van der Waals surface area (Å²) < 4.78 is 0.450. The maximum absolute atomic E-state index is 13.6. The molecule has 1 aliphatic heterocycles. The van der Waals surface area contributed by atoms with E-state index >= 15 is 0 Å². The summed E-state index contributed by atoms with van der Waals surface area (Å²) in [7, 11) is 0. The third-order valence-corrected chi connectivity index (χ3v) is 9.10. The van der Waals surface area contributed by atoms with Gasteiger partial charge in [0.15, 0.2) is 10.1 Å². The van der Waals surface area contributed by atoms with Crippen LogP contribution in [0.25, 0.3) is 0 Å². The third-order valence-electron chi connectivity index (χ3n) is 6.74. The number of thioether (sulfide) groups is 1. The molecule has 0 saturated carbocycles. The van der Waals surface area contributed by atoms with Crippen molar-refractivity contribution in [1.29, 1.82) is 5.26 Å². The summed E-state index contributed by atoms with van der Waals surface area (Å²) in [4.78, 5) is 42.5. The fourth-order valence-electron chi connectivity index (χ4n) is 5.01. The predicted octanol–water partition coefficient (Wildman–Crippen LogP) is 5.17. The number of benzene rings is 1. The van der Waals surface area contributed by atoms with Crippen LogP contribution in [0, 0.1) is 26.9 Å². The second-order valence-corrected chi connectivity index (χ2v) is 13.0. The number of hydrogen-bond donors (Lipinski definition) is 2. The van der Waals surface area contributed by atoms with Crippen LogP contribution in [-0.4, -0.2) is 37.5 Å². The second kappa shape index (κ2) is 11.5. The van der Waals surface area contributed by atoms with E-state index < -0.39 is 16.7 Å². The molecule has 2 aliphatic rings. The summed E-state index contributed by atoms with van der Waals surface area (Å²) in [5.74, 6) is -1.03. The zero-order chi connectivity index (χ0) is 30.2. The van der Waals surface area contributed by atoms with Crippen LogP contribution >= 0.6 is 34.7 Å². The molecule has 12 nitrogen and oxygen atoms in total. The molecule has 1 atom stereocenters. The molecule has 15 heteroatoms. The molecule has 3 N–H and O–H groups in total. The van der Waals surface area contributed by atoms with Crippen LogP contribution < -0.4 is 16.0 Å². The fourth-order valence-corrected chi connectivity index (χ4v) is 6.88. The molecule has 0 spiro atoms. The minimum absolute atomic E-state index is 0.0348. The Hall–Kier alpha value is -4.32. The highest BCUT2D eigenvalue weighted by Gasteiger charge is 2.45. The molecule has 3 heterocycles. The number of hydrogen-bond acceptors (Lipinski definition) is 12. The summed E-state index contributed by atoms with van der Waals surface area (Å²) in [6, 6.07) is 9.77. The van der Waals surface area contributed by atoms with Gasteiger partial charge >= 0.3 is 0 Å². The molecular weight excluding hydrogens is 600 g/mol. The van der Waals surface area contributed by atoms with Crippen LogP contribution in [-0.2, 0) is 9.59 Å². The number of pyridine rings is 1. The van der Waals surface area contributed by atoms with Gasteiger partial charge in [-0.15, -0.1) is 10.2 Å². The van der Waals surface area contributed by atoms with Crippen molar-refractivity contribution in [3.63, 3.8) is 0 Å².